The SMILES string of the molecule is COc1ccc(/C=C2/NC(=S)N(c3ccccc3OC)C2=O)cc1COc1ccccc1Cc1ccccc1. The Morgan fingerprint density at radius 3 is 2.26 bits per heavy atom. The summed E-state index contributed by atoms with van der Waals surface area (Å²) in [5.41, 5.74) is 4.95. The molecule has 6 nitrogen and oxygen atoms in total. The predicted molar refractivity (Wildman–Crippen MR) is 157 cm³/mol. The van der Waals surface area contributed by atoms with Crippen LogP contribution >= 0.6 is 12.2 Å². The molecule has 1 amide bonds. The van der Waals surface area contributed by atoms with E-state index in [0.717, 1.165) is 28.9 Å². The van der Waals surface area contributed by atoms with Crippen molar-refractivity contribution in [1.82, 2.24) is 5.32 Å². The molecule has 0 atom stereocenters. The van der Waals surface area contributed by atoms with Crippen LogP contribution in [0.3, 0.4) is 0 Å². The number of carbonyl (C=O) groups is 1. The molecule has 0 spiro atoms. The van der Waals surface area contributed by atoms with Crippen LogP contribution in [0.25, 0.3) is 6.08 Å². The zero-order valence-corrected chi connectivity index (χ0v) is 22.5. The largest absolute Gasteiger partial charge is 0.496 e. The Balaban J connectivity index is 1.37. The number of nitrogens with zero attached hydrogens (tertiary/aromatic N) is 1. The summed E-state index contributed by atoms with van der Waals surface area (Å²) in [6.07, 6.45) is 2.55. The van der Waals surface area contributed by atoms with E-state index in [-0.39, 0.29) is 5.91 Å². The maximum Gasteiger partial charge on any atom is 0.281 e. The highest BCUT2D eigenvalue weighted by Crippen LogP contribution is 2.32. The first-order valence-corrected chi connectivity index (χ1v) is 12.9. The average molecular weight is 537 g/mol. The minimum Gasteiger partial charge on any atom is -0.496 e. The Bertz CT molecular complexity index is 1530. The molecule has 1 aliphatic rings. The lowest BCUT2D eigenvalue weighted by Gasteiger charge is -2.17. The van der Waals surface area contributed by atoms with Crippen molar-refractivity contribution in [3.8, 4) is 17.2 Å². The summed E-state index contributed by atoms with van der Waals surface area (Å²) in [7, 11) is 3.19. The lowest BCUT2D eigenvalue weighted by Crippen LogP contribution is -2.30. The van der Waals surface area contributed by atoms with Gasteiger partial charge in [-0.1, -0.05) is 66.7 Å². The zero-order chi connectivity index (χ0) is 27.2. The van der Waals surface area contributed by atoms with Gasteiger partial charge in [-0.15, -0.1) is 0 Å². The molecule has 1 N–H and O–H groups in total. The van der Waals surface area contributed by atoms with E-state index >= 15 is 0 Å². The van der Waals surface area contributed by atoms with Gasteiger partial charge in [-0.2, -0.15) is 0 Å². The fraction of sp³-hybridized carbons (Fsp3) is 0.125. The highest BCUT2D eigenvalue weighted by molar-refractivity contribution is 7.80. The molecular weight excluding hydrogens is 508 g/mol. The minimum absolute atomic E-state index is 0.257. The number of ether oxygens (including phenoxy) is 3. The molecule has 0 saturated carbocycles. The second kappa shape index (κ2) is 11.8. The van der Waals surface area contributed by atoms with Crippen LogP contribution < -0.4 is 24.4 Å². The molecule has 7 heteroatoms. The molecule has 1 saturated heterocycles. The Hall–Kier alpha value is -4.62. The van der Waals surface area contributed by atoms with Crippen LogP contribution in [0.1, 0.15) is 22.3 Å². The van der Waals surface area contributed by atoms with E-state index in [1.54, 1.807) is 32.4 Å². The first-order valence-electron chi connectivity index (χ1n) is 12.5. The van der Waals surface area contributed by atoms with Gasteiger partial charge in [0.1, 0.15) is 29.6 Å². The smallest absolute Gasteiger partial charge is 0.281 e. The summed E-state index contributed by atoms with van der Waals surface area (Å²) in [4.78, 5) is 14.7. The molecule has 0 aromatic heterocycles. The average Bonchev–Trinajstić information content (AvgIpc) is 3.25. The summed E-state index contributed by atoms with van der Waals surface area (Å²) >= 11 is 5.48. The van der Waals surface area contributed by atoms with Crippen LogP contribution in [0.15, 0.2) is 103 Å². The Kier molecular flexibility index (Phi) is 7.89. The zero-order valence-electron chi connectivity index (χ0n) is 21.7. The van der Waals surface area contributed by atoms with Gasteiger partial charge in [-0.05, 0) is 65.3 Å². The summed E-state index contributed by atoms with van der Waals surface area (Å²) in [5.74, 6) is 1.83. The number of hydrogen-bond donors (Lipinski definition) is 1. The van der Waals surface area contributed by atoms with E-state index in [1.807, 2.05) is 66.7 Å². The van der Waals surface area contributed by atoms with E-state index < -0.39 is 0 Å². The quantitative estimate of drug-likeness (QED) is 0.205. The molecule has 1 fully saturated rings. The molecule has 1 aliphatic heterocycles. The molecule has 1 heterocycles. The Labute approximate surface area is 233 Å². The first-order chi connectivity index (χ1) is 19.1. The van der Waals surface area contributed by atoms with Crippen molar-refractivity contribution in [3.05, 3.63) is 125 Å². The number of thiocarbonyl (C=S) groups is 1. The fourth-order valence-electron chi connectivity index (χ4n) is 4.50. The fourth-order valence-corrected chi connectivity index (χ4v) is 4.79. The number of rotatable bonds is 9. The van der Waals surface area contributed by atoms with Crippen molar-refractivity contribution < 1.29 is 19.0 Å². The lowest BCUT2D eigenvalue weighted by molar-refractivity contribution is -0.113. The van der Waals surface area contributed by atoms with Gasteiger partial charge in [0.2, 0.25) is 0 Å². The maximum atomic E-state index is 13.3. The van der Waals surface area contributed by atoms with E-state index in [9.17, 15) is 4.79 Å². The van der Waals surface area contributed by atoms with Crippen molar-refractivity contribution in [2.75, 3.05) is 19.1 Å². The summed E-state index contributed by atoms with van der Waals surface area (Å²) < 4.78 is 17.3. The second-order valence-electron chi connectivity index (χ2n) is 8.93. The number of anilines is 1. The summed E-state index contributed by atoms with van der Waals surface area (Å²) in [5, 5.41) is 3.33. The molecular formula is C32H28N2O4S. The van der Waals surface area contributed by atoms with E-state index in [4.69, 9.17) is 26.4 Å². The normalized spacial score (nSPS) is 13.9. The van der Waals surface area contributed by atoms with Gasteiger partial charge >= 0.3 is 0 Å². The highest BCUT2D eigenvalue weighted by Gasteiger charge is 2.33. The van der Waals surface area contributed by atoms with Gasteiger partial charge in [-0.3, -0.25) is 4.79 Å². The van der Waals surface area contributed by atoms with E-state index in [2.05, 4.69) is 23.5 Å². The topological polar surface area (TPSA) is 60.0 Å². The molecule has 39 heavy (non-hydrogen) atoms. The van der Waals surface area contributed by atoms with Crippen LogP contribution in [0.4, 0.5) is 5.69 Å². The monoisotopic (exact) mass is 536 g/mol. The van der Waals surface area contributed by atoms with Gasteiger partial charge in [-0.25, -0.2) is 4.90 Å². The predicted octanol–water partition coefficient (Wildman–Crippen LogP) is 6.14. The maximum absolute atomic E-state index is 13.3. The molecule has 4 aromatic rings. The third kappa shape index (κ3) is 5.78. The van der Waals surface area contributed by atoms with Crippen molar-refractivity contribution >= 4 is 35.0 Å². The molecule has 4 aromatic carbocycles. The molecule has 5 rings (SSSR count). The number of benzene rings is 4. The third-order valence-electron chi connectivity index (χ3n) is 6.41. The van der Waals surface area contributed by atoms with Gasteiger partial charge in [0.25, 0.3) is 5.91 Å². The summed E-state index contributed by atoms with van der Waals surface area (Å²) in [6, 6.07) is 31.3. The van der Waals surface area contributed by atoms with Crippen molar-refractivity contribution in [2.45, 2.75) is 13.0 Å². The minimum atomic E-state index is -0.257. The van der Waals surface area contributed by atoms with E-state index in [1.165, 1.54) is 10.5 Å². The number of para-hydroxylation sites is 3. The van der Waals surface area contributed by atoms with Gasteiger partial charge in [0, 0.05) is 12.0 Å². The molecule has 0 unspecified atom stereocenters. The van der Waals surface area contributed by atoms with Crippen molar-refractivity contribution in [2.24, 2.45) is 0 Å². The summed E-state index contributed by atoms with van der Waals surface area (Å²) in [6.45, 7) is 0.305. The van der Waals surface area contributed by atoms with Crippen LogP contribution in [-0.4, -0.2) is 25.2 Å². The van der Waals surface area contributed by atoms with Crippen LogP contribution in [0, 0.1) is 0 Å². The number of amides is 1. The van der Waals surface area contributed by atoms with E-state index in [0.29, 0.717) is 34.6 Å². The molecule has 196 valence electrons. The van der Waals surface area contributed by atoms with Crippen molar-refractivity contribution in [3.63, 3.8) is 0 Å². The Morgan fingerprint density at radius 2 is 1.49 bits per heavy atom. The van der Waals surface area contributed by atoms with Crippen LogP contribution in [0.2, 0.25) is 0 Å². The highest BCUT2D eigenvalue weighted by atomic mass is 32.1. The number of carbonyl (C=O) groups excluding carboxylic acids is 1. The van der Waals surface area contributed by atoms with Crippen LogP contribution in [-0.2, 0) is 17.8 Å². The number of nitrogens with one attached hydrogen (secondary N) is 1. The van der Waals surface area contributed by atoms with Crippen LogP contribution in [0.5, 0.6) is 17.2 Å². The van der Waals surface area contributed by atoms with Gasteiger partial charge in [0.15, 0.2) is 5.11 Å². The second-order valence-corrected chi connectivity index (χ2v) is 9.32. The standard InChI is InChI=1S/C32H28N2O4S/c1-36-28-17-16-23(20-26-31(35)34(32(39)33-26)27-13-7-9-15-30(27)37-2)19-25(28)21-38-29-14-8-6-12-24(29)18-22-10-4-3-5-11-22/h3-17,19-20H,18,21H2,1-2H3,(H,33,39)/b26-20+. The lowest BCUT2D eigenvalue weighted by atomic mass is 10.0. The van der Waals surface area contributed by atoms with Gasteiger partial charge in [0.05, 0.1) is 19.9 Å². The van der Waals surface area contributed by atoms with Gasteiger partial charge < -0.3 is 19.5 Å². The number of hydrogen-bond acceptors (Lipinski definition) is 5. The van der Waals surface area contributed by atoms with Crippen molar-refractivity contribution in [1.29, 1.82) is 0 Å². The third-order valence-corrected chi connectivity index (χ3v) is 6.70. The molecule has 0 aliphatic carbocycles. The number of methoxy groups -OCH3 is 2. The first kappa shape index (κ1) is 26.0. The molecule has 0 radical (unpaired) electrons. The molecule has 0 bridgehead atoms. The Morgan fingerprint density at radius 1 is 0.795 bits per heavy atom.